The third-order valence-electron chi connectivity index (χ3n) is 3.05. The molecular weight excluding hydrogens is 286 g/mol. The third kappa shape index (κ3) is 3.23. The van der Waals surface area contributed by atoms with Crippen molar-refractivity contribution in [2.45, 2.75) is 18.9 Å². The fraction of sp³-hybridized carbons (Fsp3) is 0.500. The summed E-state index contributed by atoms with van der Waals surface area (Å²) in [5.41, 5.74) is -0.191. The predicted octanol–water partition coefficient (Wildman–Crippen LogP) is 1.89. The summed E-state index contributed by atoms with van der Waals surface area (Å²) in [7, 11) is 1.55. The smallest absolute Gasteiger partial charge is 0.288 e. The molecule has 0 N–H and O–H groups in total. The van der Waals surface area contributed by atoms with Crippen LogP contribution in [0.4, 0.5) is 5.69 Å². The molecule has 1 aliphatic carbocycles. The van der Waals surface area contributed by atoms with Gasteiger partial charge in [-0.3, -0.25) is 14.9 Å². The molecule has 0 unspecified atom stereocenters. The van der Waals surface area contributed by atoms with E-state index in [4.69, 9.17) is 16.3 Å². The molecule has 2 rings (SSSR count). The van der Waals surface area contributed by atoms with Gasteiger partial charge in [0.25, 0.3) is 11.6 Å². The van der Waals surface area contributed by atoms with Gasteiger partial charge in [0, 0.05) is 25.8 Å². The molecule has 1 amide bonds. The van der Waals surface area contributed by atoms with Crippen molar-refractivity contribution >= 4 is 23.2 Å². The Hall–Kier alpha value is -1.73. The lowest BCUT2D eigenvalue weighted by Crippen LogP contribution is -2.36. The maximum atomic E-state index is 12.5. The zero-order valence-corrected chi connectivity index (χ0v) is 11.7. The number of carbonyl (C=O) groups excluding carboxylic acids is 1. The highest BCUT2D eigenvalue weighted by Gasteiger charge is 2.34. The Morgan fingerprint density at radius 3 is 2.90 bits per heavy atom. The molecule has 0 aromatic carbocycles. The summed E-state index contributed by atoms with van der Waals surface area (Å²) in [5, 5.41) is 10.7. The van der Waals surface area contributed by atoms with Crippen molar-refractivity contribution in [1.29, 1.82) is 0 Å². The summed E-state index contributed by atoms with van der Waals surface area (Å²) in [5.74, 6) is -0.342. The summed E-state index contributed by atoms with van der Waals surface area (Å²) >= 11 is 5.89. The summed E-state index contributed by atoms with van der Waals surface area (Å²) in [6, 6.07) is 1.33. The van der Waals surface area contributed by atoms with Crippen LogP contribution in [0.1, 0.15) is 23.2 Å². The summed E-state index contributed by atoms with van der Waals surface area (Å²) < 4.78 is 4.98. The van der Waals surface area contributed by atoms with E-state index in [0.29, 0.717) is 13.2 Å². The second-order valence-corrected chi connectivity index (χ2v) is 4.87. The minimum absolute atomic E-state index is 0.0244. The van der Waals surface area contributed by atoms with Gasteiger partial charge in [0.05, 0.1) is 17.1 Å². The molecule has 1 heterocycles. The number of methoxy groups -OCH3 is 1. The van der Waals surface area contributed by atoms with Gasteiger partial charge in [0.1, 0.15) is 11.3 Å². The monoisotopic (exact) mass is 299 g/mol. The molecule has 7 nitrogen and oxygen atoms in total. The van der Waals surface area contributed by atoms with E-state index in [9.17, 15) is 14.9 Å². The number of amides is 1. The predicted molar refractivity (Wildman–Crippen MR) is 71.8 cm³/mol. The highest BCUT2D eigenvalue weighted by molar-refractivity contribution is 6.32. The lowest BCUT2D eigenvalue weighted by Gasteiger charge is -2.22. The Kier molecular flexibility index (Phi) is 4.51. The lowest BCUT2D eigenvalue weighted by atomic mass is 10.2. The third-order valence-corrected chi connectivity index (χ3v) is 3.35. The van der Waals surface area contributed by atoms with Crippen molar-refractivity contribution in [2.24, 2.45) is 0 Å². The lowest BCUT2D eigenvalue weighted by molar-refractivity contribution is -0.385. The molecule has 1 aromatic heterocycles. The second kappa shape index (κ2) is 6.15. The van der Waals surface area contributed by atoms with Crippen LogP contribution in [0, 0.1) is 10.1 Å². The van der Waals surface area contributed by atoms with E-state index in [1.807, 2.05) is 0 Å². The summed E-state index contributed by atoms with van der Waals surface area (Å²) in [6.45, 7) is 0.835. The average Bonchev–Trinajstić information content (AvgIpc) is 3.23. The molecule has 108 valence electrons. The molecule has 1 saturated carbocycles. The van der Waals surface area contributed by atoms with E-state index in [0.717, 1.165) is 19.0 Å². The first-order valence-corrected chi connectivity index (χ1v) is 6.52. The number of nitrogens with zero attached hydrogens (tertiary/aromatic N) is 3. The number of halogens is 1. The molecule has 0 aliphatic heterocycles. The van der Waals surface area contributed by atoms with Crippen molar-refractivity contribution < 1.29 is 14.5 Å². The number of carbonyl (C=O) groups is 1. The van der Waals surface area contributed by atoms with Gasteiger partial charge in [-0.1, -0.05) is 11.6 Å². The standard InChI is InChI=1S/C12H14ClN3O4/c1-20-5-4-15(8-2-3-8)12(17)10-6-9(16(18)19)7-14-11(10)13/h6-8H,2-5H2,1H3. The van der Waals surface area contributed by atoms with Gasteiger partial charge in [-0.2, -0.15) is 0 Å². The number of ether oxygens (including phenoxy) is 1. The number of aromatic nitrogens is 1. The normalized spacial score (nSPS) is 14.1. The molecule has 1 aromatic rings. The Morgan fingerprint density at radius 1 is 1.65 bits per heavy atom. The topological polar surface area (TPSA) is 85.6 Å². The Balaban J connectivity index is 2.25. The van der Waals surface area contributed by atoms with Crippen molar-refractivity contribution in [3.05, 3.63) is 33.1 Å². The molecule has 20 heavy (non-hydrogen) atoms. The molecule has 1 fully saturated rings. The van der Waals surface area contributed by atoms with E-state index >= 15 is 0 Å². The van der Waals surface area contributed by atoms with Gasteiger partial charge in [-0.15, -0.1) is 0 Å². The highest BCUT2D eigenvalue weighted by atomic mass is 35.5. The van der Waals surface area contributed by atoms with E-state index in [2.05, 4.69) is 4.98 Å². The van der Waals surface area contributed by atoms with Crippen LogP contribution in [0.25, 0.3) is 0 Å². The van der Waals surface area contributed by atoms with Gasteiger partial charge < -0.3 is 9.64 Å². The summed E-state index contributed by atoms with van der Waals surface area (Å²) in [6.07, 6.45) is 2.89. The van der Waals surface area contributed by atoms with Crippen LogP contribution in [-0.4, -0.2) is 47.0 Å². The number of hydrogen-bond donors (Lipinski definition) is 0. The molecule has 8 heteroatoms. The number of pyridine rings is 1. The Morgan fingerprint density at radius 2 is 2.35 bits per heavy atom. The van der Waals surface area contributed by atoms with E-state index in [1.54, 1.807) is 12.0 Å². The molecular formula is C12H14ClN3O4. The minimum atomic E-state index is -0.600. The largest absolute Gasteiger partial charge is 0.383 e. The van der Waals surface area contributed by atoms with Gasteiger partial charge in [0.15, 0.2) is 0 Å². The van der Waals surface area contributed by atoms with E-state index < -0.39 is 4.92 Å². The number of nitro groups is 1. The Bertz CT molecular complexity index is 533. The van der Waals surface area contributed by atoms with Crippen LogP contribution in [0.15, 0.2) is 12.3 Å². The number of hydrogen-bond acceptors (Lipinski definition) is 5. The first-order chi connectivity index (χ1) is 9.54. The maximum Gasteiger partial charge on any atom is 0.288 e. The first-order valence-electron chi connectivity index (χ1n) is 6.14. The maximum absolute atomic E-state index is 12.5. The quantitative estimate of drug-likeness (QED) is 0.455. The van der Waals surface area contributed by atoms with Crippen LogP contribution in [0.2, 0.25) is 5.15 Å². The molecule has 1 aliphatic rings. The zero-order valence-electron chi connectivity index (χ0n) is 10.9. The first kappa shape index (κ1) is 14.7. The zero-order chi connectivity index (χ0) is 14.7. The van der Waals surface area contributed by atoms with Crippen LogP contribution >= 0.6 is 11.6 Å². The second-order valence-electron chi connectivity index (χ2n) is 4.51. The van der Waals surface area contributed by atoms with Crippen LogP contribution < -0.4 is 0 Å². The fourth-order valence-electron chi connectivity index (χ4n) is 1.87. The summed E-state index contributed by atoms with van der Waals surface area (Å²) in [4.78, 5) is 27.9. The molecule has 0 saturated heterocycles. The molecule has 0 bridgehead atoms. The molecule has 0 spiro atoms. The van der Waals surface area contributed by atoms with Crippen molar-refractivity contribution in [2.75, 3.05) is 20.3 Å². The minimum Gasteiger partial charge on any atom is -0.383 e. The van der Waals surface area contributed by atoms with Gasteiger partial charge in [-0.25, -0.2) is 4.98 Å². The van der Waals surface area contributed by atoms with Crippen molar-refractivity contribution in [1.82, 2.24) is 9.88 Å². The van der Waals surface area contributed by atoms with Crippen molar-refractivity contribution in [3.63, 3.8) is 0 Å². The van der Waals surface area contributed by atoms with Crippen LogP contribution in [-0.2, 0) is 4.74 Å². The highest BCUT2D eigenvalue weighted by Crippen LogP contribution is 2.30. The number of rotatable bonds is 6. The molecule has 0 radical (unpaired) electrons. The molecule has 0 atom stereocenters. The fourth-order valence-corrected chi connectivity index (χ4v) is 2.05. The SMILES string of the molecule is COCCN(C(=O)c1cc([N+](=O)[O-])cnc1Cl)C1CC1. The van der Waals surface area contributed by atoms with E-state index in [1.165, 1.54) is 6.07 Å². The average molecular weight is 300 g/mol. The van der Waals surface area contributed by atoms with E-state index in [-0.39, 0.29) is 28.4 Å². The van der Waals surface area contributed by atoms with Gasteiger partial charge in [-0.05, 0) is 12.8 Å². The van der Waals surface area contributed by atoms with Gasteiger partial charge >= 0.3 is 0 Å². The Labute approximate surface area is 120 Å². The van der Waals surface area contributed by atoms with Crippen LogP contribution in [0.3, 0.4) is 0 Å². The van der Waals surface area contributed by atoms with Crippen LogP contribution in [0.5, 0.6) is 0 Å². The van der Waals surface area contributed by atoms with Gasteiger partial charge in [0.2, 0.25) is 0 Å². The van der Waals surface area contributed by atoms with Crippen molar-refractivity contribution in [3.8, 4) is 0 Å².